The number of carbonyl (C=O) groups is 1. The van der Waals surface area contributed by atoms with E-state index < -0.39 is 4.92 Å². The van der Waals surface area contributed by atoms with Crippen LogP contribution in [0.4, 0.5) is 11.4 Å². The molecule has 0 aliphatic carbocycles. The summed E-state index contributed by atoms with van der Waals surface area (Å²) in [5.74, 6) is -0.252. The zero-order valence-electron chi connectivity index (χ0n) is 10.1. The molecule has 0 spiro atoms. The van der Waals surface area contributed by atoms with E-state index in [0.29, 0.717) is 15.0 Å². The summed E-state index contributed by atoms with van der Waals surface area (Å²) >= 11 is 7.91. The number of nitrogens with zero attached hydrogens (tertiary/aromatic N) is 1. The number of amides is 1. The smallest absolute Gasteiger partial charge is 0.270 e. The van der Waals surface area contributed by atoms with Gasteiger partial charge < -0.3 is 5.32 Å². The summed E-state index contributed by atoms with van der Waals surface area (Å²) in [5.41, 5.74) is 1.44. The minimum Gasteiger partial charge on any atom is -0.320 e. The third-order valence-electron chi connectivity index (χ3n) is 2.49. The van der Waals surface area contributed by atoms with E-state index in [1.54, 1.807) is 6.07 Å². The van der Waals surface area contributed by atoms with Crippen molar-refractivity contribution in [2.75, 3.05) is 5.32 Å². The number of benzene rings is 1. The first kappa shape index (κ1) is 15.1. The van der Waals surface area contributed by atoms with E-state index >= 15 is 0 Å². The Morgan fingerprint density at radius 3 is 2.55 bits per heavy atom. The average molecular weight is 420 g/mol. The van der Waals surface area contributed by atoms with Crippen molar-refractivity contribution in [1.29, 1.82) is 0 Å². The van der Waals surface area contributed by atoms with Crippen LogP contribution in [-0.2, 0) is 0 Å². The topological polar surface area (TPSA) is 72.2 Å². The van der Waals surface area contributed by atoms with Crippen molar-refractivity contribution in [2.45, 2.75) is 6.92 Å². The number of aryl methyl sites for hydroxylation is 1. The van der Waals surface area contributed by atoms with Crippen LogP contribution in [0.25, 0.3) is 0 Å². The molecule has 0 saturated heterocycles. The number of hydrogen-bond donors (Lipinski definition) is 1. The molecule has 0 radical (unpaired) electrons. The molecular formula is C12H8Br2N2O3S. The maximum Gasteiger partial charge on any atom is 0.270 e. The normalized spacial score (nSPS) is 10.3. The van der Waals surface area contributed by atoms with Crippen LogP contribution < -0.4 is 5.32 Å². The molecule has 104 valence electrons. The molecular weight excluding hydrogens is 412 g/mol. The first-order valence-corrected chi connectivity index (χ1v) is 7.80. The lowest BCUT2D eigenvalue weighted by Crippen LogP contribution is -2.10. The Hall–Kier alpha value is -1.25. The van der Waals surface area contributed by atoms with Crippen LogP contribution in [-0.4, -0.2) is 10.8 Å². The van der Waals surface area contributed by atoms with Crippen molar-refractivity contribution < 1.29 is 9.72 Å². The number of thiophene rings is 1. The van der Waals surface area contributed by atoms with Crippen molar-refractivity contribution in [3.05, 3.63) is 53.1 Å². The van der Waals surface area contributed by atoms with E-state index in [0.717, 1.165) is 9.35 Å². The summed E-state index contributed by atoms with van der Waals surface area (Å²) in [5, 5.41) is 13.4. The highest BCUT2D eigenvalue weighted by atomic mass is 79.9. The molecule has 8 heteroatoms. The molecule has 1 N–H and O–H groups in total. The molecule has 5 nitrogen and oxygen atoms in total. The molecule has 0 bridgehead atoms. The number of nitro groups is 1. The second-order valence-corrected chi connectivity index (χ2v) is 7.17. The van der Waals surface area contributed by atoms with E-state index in [2.05, 4.69) is 37.2 Å². The van der Waals surface area contributed by atoms with Gasteiger partial charge in [-0.25, -0.2) is 0 Å². The van der Waals surface area contributed by atoms with E-state index in [1.165, 1.54) is 29.5 Å². The highest BCUT2D eigenvalue weighted by Crippen LogP contribution is 2.30. The first-order chi connectivity index (χ1) is 9.38. The fourth-order valence-electron chi connectivity index (χ4n) is 1.47. The average Bonchev–Trinajstić information content (AvgIpc) is 2.72. The first-order valence-electron chi connectivity index (χ1n) is 5.39. The molecule has 20 heavy (non-hydrogen) atoms. The van der Waals surface area contributed by atoms with E-state index in [9.17, 15) is 14.9 Å². The van der Waals surface area contributed by atoms with Gasteiger partial charge in [0.2, 0.25) is 0 Å². The summed E-state index contributed by atoms with van der Waals surface area (Å²) in [6, 6.07) is 5.97. The minimum atomic E-state index is -0.490. The third-order valence-corrected chi connectivity index (χ3v) is 5.28. The number of non-ortho nitro benzene ring substituents is 1. The van der Waals surface area contributed by atoms with Crippen molar-refractivity contribution in [1.82, 2.24) is 0 Å². The predicted octanol–water partition coefficient (Wildman–Crippen LogP) is 4.74. The Morgan fingerprint density at radius 1 is 1.35 bits per heavy atom. The second kappa shape index (κ2) is 6.02. The molecule has 0 aliphatic rings. The van der Waals surface area contributed by atoms with Gasteiger partial charge in [0.1, 0.15) is 0 Å². The minimum absolute atomic E-state index is 0.0374. The standard InChI is InChI=1S/C12H8Br2N2O3S/c1-6-4-10(20-11(6)14)12(17)15-9-3-2-7(16(18)19)5-8(9)13/h2-5H,1H3,(H,15,17). The number of anilines is 1. The summed E-state index contributed by atoms with van der Waals surface area (Å²) in [6.07, 6.45) is 0. The Bertz CT molecular complexity index is 681. The van der Waals surface area contributed by atoms with Crippen LogP contribution in [0.15, 0.2) is 32.5 Å². The van der Waals surface area contributed by atoms with Gasteiger partial charge in [-0.1, -0.05) is 0 Å². The summed E-state index contributed by atoms with van der Waals surface area (Å²) in [7, 11) is 0. The van der Waals surface area contributed by atoms with Crippen molar-refractivity contribution in [3.8, 4) is 0 Å². The molecule has 0 unspecified atom stereocenters. The van der Waals surface area contributed by atoms with Gasteiger partial charge in [0.05, 0.1) is 19.3 Å². The molecule has 0 fully saturated rings. The molecule has 1 heterocycles. The van der Waals surface area contributed by atoms with E-state index in [4.69, 9.17) is 0 Å². The molecule has 1 aromatic carbocycles. The van der Waals surface area contributed by atoms with Gasteiger partial charge in [-0.05, 0) is 56.5 Å². The van der Waals surface area contributed by atoms with Gasteiger partial charge in [-0.15, -0.1) is 11.3 Å². The zero-order chi connectivity index (χ0) is 14.9. The Morgan fingerprint density at radius 2 is 2.05 bits per heavy atom. The van der Waals surface area contributed by atoms with E-state index in [-0.39, 0.29) is 11.6 Å². The molecule has 0 atom stereocenters. The molecule has 2 rings (SSSR count). The molecule has 2 aromatic rings. The Labute approximate surface area is 135 Å². The van der Waals surface area contributed by atoms with Crippen LogP contribution in [0.3, 0.4) is 0 Å². The number of rotatable bonds is 3. The fraction of sp³-hybridized carbons (Fsp3) is 0.0833. The van der Waals surface area contributed by atoms with E-state index in [1.807, 2.05) is 6.92 Å². The molecule has 0 aliphatic heterocycles. The lowest BCUT2D eigenvalue weighted by Gasteiger charge is -2.05. The largest absolute Gasteiger partial charge is 0.320 e. The highest BCUT2D eigenvalue weighted by Gasteiger charge is 2.14. The van der Waals surface area contributed by atoms with Crippen LogP contribution in [0.2, 0.25) is 0 Å². The zero-order valence-corrected chi connectivity index (χ0v) is 14.1. The lowest BCUT2D eigenvalue weighted by atomic mass is 10.2. The summed E-state index contributed by atoms with van der Waals surface area (Å²) < 4.78 is 1.37. The summed E-state index contributed by atoms with van der Waals surface area (Å²) in [6.45, 7) is 1.90. The maximum absolute atomic E-state index is 12.1. The quantitative estimate of drug-likeness (QED) is 0.576. The SMILES string of the molecule is Cc1cc(C(=O)Nc2ccc([N+](=O)[O-])cc2Br)sc1Br. The van der Waals surface area contributed by atoms with Gasteiger partial charge in [-0.2, -0.15) is 0 Å². The number of nitrogens with one attached hydrogen (secondary N) is 1. The Kier molecular flexibility index (Phi) is 4.56. The summed E-state index contributed by atoms with van der Waals surface area (Å²) in [4.78, 5) is 22.8. The molecule has 1 aromatic heterocycles. The number of nitro benzene ring substituents is 1. The predicted molar refractivity (Wildman–Crippen MR) is 85.5 cm³/mol. The molecule has 0 saturated carbocycles. The van der Waals surface area contributed by atoms with Crippen molar-refractivity contribution in [2.24, 2.45) is 0 Å². The number of hydrogen-bond acceptors (Lipinski definition) is 4. The van der Waals surface area contributed by atoms with Gasteiger partial charge >= 0.3 is 0 Å². The second-order valence-electron chi connectivity index (χ2n) is 3.94. The third kappa shape index (κ3) is 3.25. The highest BCUT2D eigenvalue weighted by molar-refractivity contribution is 9.11. The number of halogens is 2. The lowest BCUT2D eigenvalue weighted by molar-refractivity contribution is -0.384. The van der Waals surface area contributed by atoms with Crippen LogP contribution in [0, 0.1) is 17.0 Å². The van der Waals surface area contributed by atoms with Gasteiger partial charge in [-0.3, -0.25) is 14.9 Å². The van der Waals surface area contributed by atoms with Crippen molar-refractivity contribution in [3.63, 3.8) is 0 Å². The molecule has 1 amide bonds. The van der Waals surface area contributed by atoms with Crippen molar-refractivity contribution >= 4 is 60.5 Å². The Balaban J connectivity index is 2.21. The van der Waals surface area contributed by atoms with Gasteiger partial charge in [0.25, 0.3) is 11.6 Å². The maximum atomic E-state index is 12.1. The number of carbonyl (C=O) groups excluding carboxylic acids is 1. The van der Waals surface area contributed by atoms with Crippen LogP contribution in [0.1, 0.15) is 15.2 Å². The monoisotopic (exact) mass is 418 g/mol. The fourth-order valence-corrected chi connectivity index (χ4v) is 3.37. The van der Waals surface area contributed by atoms with Gasteiger partial charge in [0, 0.05) is 16.6 Å². The van der Waals surface area contributed by atoms with Crippen LogP contribution in [0.5, 0.6) is 0 Å². The van der Waals surface area contributed by atoms with Gasteiger partial charge in [0.15, 0.2) is 0 Å². The van der Waals surface area contributed by atoms with Crippen LogP contribution >= 0.6 is 43.2 Å².